The maximum atomic E-state index is 12.5. The molecule has 0 aromatic heterocycles. The lowest BCUT2D eigenvalue weighted by Gasteiger charge is -2.18. The first-order valence-corrected chi connectivity index (χ1v) is 9.99. The van der Waals surface area contributed by atoms with E-state index in [9.17, 15) is 4.79 Å². The van der Waals surface area contributed by atoms with Crippen molar-refractivity contribution in [2.24, 2.45) is 5.92 Å². The Bertz CT molecular complexity index is 520. The van der Waals surface area contributed by atoms with Gasteiger partial charge in [0.2, 0.25) is 0 Å². The normalized spacial score (nSPS) is 11.0. The number of unbranched alkanes of at least 4 members (excludes halogenated alkanes) is 2. The number of hydrogen-bond donors (Lipinski definition) is 0. The van der Waals surface area contributed by atoms with Crippen LogP contribution in [-0.2, 0) is 17.6 Å². The van der Waals surface area contributed by atoms with Gasteiger partial charge in [0.1, 0.15) is 11.3 Å². The topological polar surface area (TPSA) is 35.5 Å². The highest BCUT2D eigenvalue weighted by Crippen LogP contribution is 2.30. The van der Waals surface area contributed by atoms with Crippen LogP contribution in [0.1, 0.15) is 88.2 Å². The van der Waals surface area contributed by atoms with Crippen LogP contribution < -0.4 is 4.74 Å². The standard InChI is InChI=1S/C22H36O3/c1-6-9-11-18-15-19(12-10-7-2)21(25-14-13-17(4)5)20(16-18)22(23)24-8-3/h15-17H,6-14H2,1-5H3. The molecule has 3 nitrogen and oxygen atoms in total. The van der Waals surface area contributed by atoms with Gasteiger partial charge in [-0.2, -0.15) is 0 Å². The zero-order valence-electron chi connectivity index (χ0n) is 16.8. The van der Waals surface area contributed by atoms with E-state index in [4.69, 9.17) is 9.47 Å². The summed E-state index contributed by atoms with van der Waals surface area (Å²) in [6.45, 7) is 11.6. The second-order valence-electron chi connectivity index (χ2n) is 7.09. The van der Waals surface area contributed by atoms with Gasteiger partial charge in [0.15, 0.2) is 0 Å². The summed E-state index contributed by atoms with van der Waals surface area (Å²) >= 11 is 0. The molecule has 0 saturated carbocycles. The molecule has 1 aromatic carbocycles. The van der Waals surface area contributed by atoms with E-state index in [1.807, 2.05) is 13.0 Å². The fourth-order valence-electron chi connectivity index (χ4n) is 2.76. The van der Waals surface area contributed by atoms with Crippen molar-refractivity contribution in [1.29, 1.82) is 0 Å². The molecular formula is C22H36O3. The predicted molar refractivity (Wildman–Crippen MR) is 105 cm³/mol. The lowest BCUT2D eigenvalue weighted by atomic mass is 9.97. The van der Waals surface area contributed by atoms with Crippen molar-refractivity contribution in [3.8, 4) is 5.75 Å². The molecule has 0 unspecified atom stereocenters. The lowest BCUT2D eigenvalue weighted by Crippen LogP contribution is -2.12. The van der Waals surface area contributed by atoms with Gasteiger partial charge >= 0.3 is 5.97 Å². The van der Waals surface area contributed by atoms with Gasteiger partial charge < -0.3 is 9.47 Å². The molecule has 0 aliphatic carbocycles. The highest BCUT2D eigenvalue weighted by Gasteiger charge is 2.19. The fraction of sp³-hybridized carbons (Fsp3) is 0.682. The molecule has 0 spiro atoms. The SMILES string of the molecule is CCCCc1cc(CCCC)c(OCCC(C)C)c(C(=O)OCC)c1. The quantitative estimate of drug-likeness (QED) is 0.436. The highest BCUT2D eigenvalue weighted by molar-refractivity contribution is 5.93. The van der Waals surface area contributed by atoms with E-state index >= 15 is 0 Å². The Morgan fingerprint density at radius 2 is 1.72 bits per heavy atom. The van der Waals surface area contributed by atoms with Gasteiger partial charge in [-0.25, -0.2) is 4.79 Å². The first-order valence-electron chi connectivity index (χ1n) is 9.99. The van der Waals surface area contributed by atoms with E-state index in [1.54, 1.807) is 0 Å². The third-order valence-corrected chi connectivity index (χ3v) is 4.28. The zero-order valence-corrected chi connectivity index (χ0v) is 16.8. The third-order valence-electron chi connectivity index (χ3n) is 4.28. The molecule has 1 aromatic rings. The summed E-state index contributed by atoms with van der Waals surface area (Å²) in [5, 5.41) is 0. The molecule has 0 saturated heterocycles. The van der Waals surface area contributed by atoms with Crippen molar-refractivity contribution in [1.82, 2.24) is 0 Å². The predicted octanol–water partition coefficient (Wildman–Crippen LogP) is 5.97. The van der Waals surface area contributed by atoms with E-state index in [0.29, 0.717) is 24.7 Å². The maximum absolute atomic E-state index is 12.5. The number of carbonyl (C=O) groups excluding carboxylic acids is 1. The fourth-order valence-corrected chi connectivity index (χ4v) is 2.76. The number of carbonyl (C=O) groups is 1. The molecule has 3 heteroatoms. The first kappa shape index (κ1) is 21.5. The van der Waals surface area contributed by atoms with Crippen molar-refractivity contribution in [3.63, 3.8) is 0 Å². The largest absolute Gasteiger partial charge is 0.492 e. The number of hydrogen-bond acceptors (Lipinski definition) is 3. The molecule has 0 bridgehead atoms. The minimum Gasteiger partial charge on any atom is -0.492 e. The second-order valence-corrected chi connectivity index (χ2v) is 7.09. The number of ether oxygens (including phenoxy) is 2. The van der Waals surface area contributed by atoms with Crippen molar-refractivity contribution in [3.05, 3.63) is 28.8 Å². The van der Waals surface area contributed by atoms with E-state index in [1.165, 1.54) is 5.56 Å². The Balaban J connectivity index is 3.20. The van der Waals surface area contributed by atoms with Gasteiger partial charge in [-0.15, -0.1) is 0 Å². The number of esters is 1. The lowest BCUT2D eigenvalue weighted by molar-refractivity contribution is 0.0521. The van der Waals surface area contributed by atoms with Crippen molar-refractivity contribution >= 4 is 5.97 Å². The summed E-state index contributed by atoms with van der Waals surface area (Å²) in [7, 11) is 0. The molecule has 0 fully saturated rings. The molecule has 0 aliphatic heterocycles. The molecule has 0 atom stereocenters. The average Bonchev–Trinajstić information content (AvgIpc) is 2.58. The molecule has 0 N–H and O–H groups in total. The van der Waals surface area contributed by atoms with Crippen molar-refractivity contribution in [2.45, 2.75) is 79.6 Å². The summed E-state index contributed by atoms with van der Waals surface area (Å²) in [4.78, 5) is 12.5. The zero-order chi connectivity index (χ0) is 18.7. The maximum Gasteiger partial charge on any atom is 0.341 e. The van der Waals surface area contributed by atoms with E-state index in [2.05, 4.69) is 33.8 Å². The molecule has 0 radical (unpaired) electrons. The van der Waals surface area contributed by atoms with Crippen molar-refractivity contribution < 1.29 is 14.3 Å². The Kier molecular flexibility index (Phi) is 10.3. The molecule has 0 heterocycles. The minimum absolute atomic E-state index is 0.266. The smallest absolute Gasteiger partial charge is 0.341 e. The van der Waals surface area contributed by atoms with Gasteiger partial charge in [0.05, 0.1) is 13.2 Å². The van der Waals surface area contributed by atoms with E-state index in [-0.39, 0.29) is 5.97 Å². The summed E-state index contributed by atoms with van der Waals surface area (Å²) in [5.41, 5.74) is 2.97. The Labute approximate surface area is 154 Å². The summed E-state index contributed by atoms with van der Waals surface area (Å²) < 4.78 is 11.4. The van der Waals surface area contributed by atoms with Crippen molar-refractivity contribution in [2.75, 3.05) is 13.2 Å². The van der Waals surface area contributed by atoms with Crippen LogP contribution in [-0.4, -0.2) is 19.2 Å². The van der Waals surface area contributed by atoms with E-state index < -0.39 is 0 Å². The number of benzene rings is 1. The summed E-state index contributed by atoms with van der Waals surface area (Å²) in [5.74, 6) is 1.06. The minimum atomic E-state index is -0.266. The van der Waals surface area contributed by atoms with Crippen LogP contribution in [0.25, 0.3) is 0 Å². The molecular weight excluding hydrogens is 312 g/mol. The third kappa shape index (κ3) is 7.50. The second kappa shape index (κ2) is 11.9. The van der Waals surface area contributed by atoms with E-state index in [0.717, 1.165) is 56.3 Å². The van der Waals surface area contributed by atoms with Crippen LogP contribution in [0.2, 0.25) is 0 Å². The van der Waals surface area contributed by atoms with Gasteiger partial charge in [-0.1, -0.05) is 46.6 Å². The van der Waals surface area contributed by atoms with Crippen LogP contribution >= 0.6 is 0 Å². The number of aryl methyl sites for hydroxylation is 2. The summed E-state index contributed by atoms with van der Waals surface area (Å²) in [6.07, 6.45) is 7.41. The number of rotatable bonds is 12. The highest BCUT2D eigenvalue weighted by atomic mass is 16.5. The van der Waals surface area contributed by atoms with Crippen LogP contribution in [0.15, 0.2) is 12.1 Å². The van der Waals surface area contributed by atoms with Gasteiger partial charge in [0, 0.05) is 0 Å². The van der Waals surface area contributed by atoms with Crippen LogP contribution in [0, 0.1) is 5.92 Å². The molecule has 142 valence electrons. The van der Waals surface area contributed by atoms with Crippen LogP contribution in [0.4, 0.5) is 0 Å². The monoisotopic (exact) mass is 348 g/mol. The molecule has 0 aliphatic rings. The summed E-state index contributed by atoms with van der Waals surface area (Å²) in [6, 6.07) is 4.21. The molecule has 25 heavy (non-hydrogen) atoms. The Morgan fingerprint density at radius 3 is 2.32 bits per heavy atom. The molecule has 1 rings (SSSR count). The Hall–Kier alpha value is -1.51. The Morgan fingerprint density at radius 1 is 1.04 bits per heavy atom. The average molecular weight is 349 g/mol. The van der Waals surface area contributed by atoms with Crippen LogP contribution in [0.5, 0.6) is 5.75 Å². The van der Waals surface area contributed by atoms with Crippen LogP contribution in [0.3, 0.4) is 0 Å². The first-order chi connectivity index (χ1) is 12.0. The van der Waals surface area contributed by atoms with Gasteiger partial charge in [-0.05, 0) is 62.1 Å². The molecule has 0 amide bonds. The van der Waals surface area contributed by atoms with Gasteiger partial charge in [-0.3, -0.25) is 0 Å². The van der Waals surface area contributed by atoms with Gasteiger partial charge in [0.25, 0.3) is 0 Å².